The van der Waals surface area contributed by atoms with Crippen LogP contribution in [0.1, 0.15) is 18.2 Å². The fourth-order valence-corrected chi connectivity index (χ4v) is 2.22. The van der Waals surface area contributed by atoms with Crippen LogP contribution in [0.2, 0.25) is 5.02 Å². The number of hydrogen-bond donors (Lipinski definition) is 1. The average molecular weight is 264 g/mol. The molecule has 2 rings (SSSR count). The third-order valence-corrected chi connectivity index (χ3v) is 3.45. The second-order valence-corrected chi connectivity index (χ2v) is 4.77. The lowest BCUT2D eigenvalue weighted by atomic mass is 10.0. The smallest absolute Gasteiger partial charge is 0.0571 e. The Kier molecular flexibility index (Phi) is 4.04. The highest BCUT2D eigenvalue weighted by atomic mass is 35.5. The van der Waals surface area contributed by atoms with Crippen LogP contribution in [0.4, 0.5) is 0 Å². The Bertz CT molecular complexity index is 546. The molecule has 0 saturated carbocycles. The summed E-state index contributed by atoms with van der Waals surface area (Å²) in [6.07, 6.45) is 1.86. The molecule has 4 heteroatoms. The van der Waals surface area contributed by atoms with E-state index >= 15 is 0 Å². The van der Waals surface area contributed by atoms with Crippen LogP contribution in [0.5, 0.6) is 0 Å². The third-order valence-electron chi connectivity index (χ3n) is 3.14. The highest BCUT2D eigenvalue weighted by Crippen LogP contribution is 2.30. The maximum atomic E-state index is 6.36. The quantitative estimate of drug-likeness (QED) is 0.918. The molecule has 1 heterocycles. The predicted octanol–water partition coefficient (Wildman–Crippen LogP) is 3.16. The molecule has 0 amide bonds. The van der Waals surface area contributed by atoms with E-state index < -0.39 is 0 Å². The number of nitrogens with zero attached hydrogens (tertiary/aromatic N) is 2. The van der Waals surface area contributed by atoms with E-state index in [1.54, 1.807) is 0 Å². The molecule has 0 spiro atoms. The summed E-state index contributed by atoms with van der Waals surface area (Å²) in [5.74, 6) is 0. The van der Waals surface area contributed by atoms with E-state index in [-0.39, 0.29) is 0 Å². The van der Waals surface area contributed by atoms with E-state index in [0.29, 0.717) is 0 Å². The summed E-state index contributed by atoms with van der Waals surface area (Å²) in [5, 5.41) is 8.32. The zero-order chi connectivity index (χ0) is 13.1. The standard InChI is InChI=1S/C14H18ClN3/c1-4-16-8-11-5-6-12(14(15)7-11)13-9-17-18(3)10(13)2/h5-7,9,16H,4,8H2,1-3H3. The van der Waals surface area contributed by atoms with Crippen molar-refractivity contribution in [3.63, 3.8) is 0 Å². The van der Waals surface area contributed by atoms with Crippen LogP contribution < -0.4 is 5.32 Å². The Morgan fingerprint density at radius 3 is 2.67 bits per heavy atom. The number of halogens is 1. The lowest BCUT2D eigenvalue weighted by Gasteiger charge is -2.07. The summed E-state index contributed by atoms with van der Waals surface area (Å²) in [6.45, 7) is 5.95. The largest absolute Gasteiger partial charge is 0.313 e. The first kappa shape index (κ1) is 13.1. The molecule has 0 atom stereocenters. The average Bonchev–Trinajstić information content (AvgIpc) is 2.68. The minimum atomic E-state index is 0.779. The van der Waals surface area contributed by atoms with Crippen LogP contribution in [0, 0.1) is 6.92 Å². The van der Waals surface area contributed by atoms with E-state index in [0.717, 1.165) is 34.9 Å². The van der Waals surface area contributed by atoms with Crippen molar-refractivity contribution >= 4 is 11.6 Å². The predicted molar refractivity (Wildman–Crippen MR) is 75.8 cm³/mol. The summed E-state index contributed by atoms with van der Waals surface area (Å²) in [6, 6.07) is 6.20. The van der Waals surface area contributed by atoms with Gasteiger partial charge in [0.2, 0.25) is 0 Å². The molecule has 2 aromatic rings. The molecular formula is C14H18ClN3. The van der Waals surface area contributed by atoms with Crippen molar-refractivity contribution in [1.29, 1.82) is 0 Å². The van der Waals surface area contributed by atoms with Crippen LogP contribution in [0.15, 0.2) is 24.4 Å². The Morgan fingerprint density at radius 1 is 1.33 bits per heavy atom. The first-order valence-electron chi connectivity index (χ1n) is 6.11. The van der Waals surface area contributed by atoms with Gasteiger partial charge in [0.25, 0.3) is 0 Å². The Labute approximate surface area is 113 Å². The van der Waals surface area contributed by atoms with Gasteiger partial charge in [-0.15, -0.1) is 0 Å². The second kappa shape index (κ2) is 5.55. The van der Waals surface area contributed by atoms with E-state index in [2.05, 4.69) is 29.5 Å². The normalized spacial score (nSPS) is 10.9. The summed E-state index contributed by atoms with van der Waals surface area (Å²) >= 11 is 6.36. The first-order valence-corrected chi connectivity index (χ1v) is 6.49. The van der Waals surface area contributed by atoms with Gasteiger partial charge in [0.15, 0.2) is 0 Å². The van der Waals surface area contributed by atoms with Crippen molar-refractivity contribution in [2.45, 2.75) is 20.4 Å². The molecule has 1 aromatic heterocycles. The molecule has 0 unspecified atom stereocenters. The van der Waals surface area contributed by atoms with Gasteiger partial charge in [-0.25, -0.2) is 0 Å². The number of hydrogen-bond acceptors (Lipinski definition) is 2. The van der Waals surface area contributed by atoms with Gasteiger partial charge in [-0.3, -0.25) is 4.68 Å². The van der Waals surface area contributed by atoms with Gasteiger partial charge in [0.05, 0.1) is 6.20 Å². The zero-order valence-corrected chi connectivity index (χ0v) is 11.8. The van der Waals surface area contributed by atoms with E-state index in [9.17, 15) is 0 Å². The fourth-order valence-electron chi connectivity index (χ4n) is 1.92. The van der Waals surface area contributed by atoms with E-state index in [4.69, 9.17) is 11.6 Å². The molecule has 0 aliphatic carbocycles. The lowest BCUT2D eigenvalue weighted by molar-refractivity contribution is 0.727. The van der Waals surface area contributed by atoms with Crippen LogP contribution in [-0.4, -0.2) is 16.3 Å². The summed E-state index contributed by atoms with van der Waals surface area (Å²) in [5.41, 5.74) is 4.46. The van der Waals surface area contributed by atoms with Crippen LogP contribution in [-0.2, 0) is 13.6 Å². The fraction of sp³-hybridized carbons (Fsp3) is 0.357. The van der Waals surface area contributed by atoms with Gasteiger partial charge < -0.3 is 5.32 Å². The van der Waals surface area contributed by atoms with Crippen molar-refractivity contribution in [1.82, 2.24) is 15.1 Å². The Balaban J connectivity index is 2.32. The molecule has 3 nitrogen and oxygen atoms in total. The summed E-state index contributed by atoms with van der Waals surface area (Å²) in [7, 11) is 1.94. The molecule has 0 radical (unpaired) electrons. The summed E-state index contributed by atoms with van der Waals surface area (Å²) < 4.78 is 1.86. The number of nitrogens with one attached hydrogen (secondary N) is 1. The topological polar surface area (TPSA) is 29.9 Å². The van der Waals surface area contributed by atoms with Gasteiger partial charge >= 0.3 is 0 Å². The van der Waals surface area contributed by atoms with Crippen molar-refractivity contribution in [2.24, 2.45) is 7.05 Å². The van der Waals surface area contributed by atoms with Crippen LogP contribution in [0.25, 0.3) is 11.1 Å². The minimum Gasteiger partial charge on any atom is -0.313 e. The Morgan fingerprint density at radius 2 is 2.11 bits per heavy atom. The maximum Gasteiger partial charge on any atom is 0.0571 e. The maximum absolute atomic E-state index is 6.36. The molecule has 1 N–H and O–H groups in total. The minimum absolute atomic E-state index is 0.779. The van der Waals surface area contributed by atoms with Crippen LogP contribution >= 0.6 is 11.6 Å². The highest BCUT2D eigenvalue weighted by Gasteiger charge is 2.10. The molecule has 0 aliphatic rings. The number of aryl methyl sites for hydroxylation is 1. The van der Waals surface area contributed by atoms with Crippen molar-refractivity contribution in [3.8, 4) is 11.1 Å². The van der Waals surface area contributed by atoms with Crippen molar-refractivity contribution in [3.05, 3.63) is 40.7 Å². The van der Waals surface area contributed by atoms with Gasteiger partial charge in [-0.05, 0) is 25.1 Å². The summed E-state index contributed by atoms with van der Waals surface area (Å²) in [4.78, 5) is 0. The first-order chi connectivity index (χ1) is 8.63. The third kappa shape index (κ3) is 2.57. The monoisotopic (exact) mass is 263 g/mol. The molecule has 1 aromatic carbocycles. The van der Waals surface area contributed by atoms with Gasteiger partial charge in [-0.2, -0.15) is 5.10 Å². The molecule has 0 bridgehead atoms. The molecule has 0 fully saturated rings. The molecule has 18 heavy (non-hydrogen) atoms. The van der Waals surface area contributed by atoms with Crippen LogP contribution in [0.3, 0.4) is 0 Å². The van der Waals surface area contributed by atoms with E-state index in [1.807, 2.05) is 30.9 Å². The molecule has 96 valence electrons. The second-order valence-electron chi connectivity index (χ2n) is 4.36. The van der Waals surface area contributed by atoms with Gasteiger partial charge in [0, 0.05) is 35.4 Å². The number of aromatic nitrogens is 2. The lowest BCUT2D eigenvalue weighted by Crippen LogP contribution is -2.11. The molecule has 0 saturated heterocycles. The molecule has 0 aliphatic heterocycles. The van der Waals surface area contributed by atoms with E-state index in [1.165, 1.54) is 5.56 Å². The highest BCUT2D eigenvalue weighted by molar-refractivity contribution is 6.33. The zero-order valence-electron chi connectivity index (χ0n) is 11.0. The van der Waals surface area contributed by atoms with Gasteiger partial charge in [0.1, 0.15) is 0 Å². The van der Waals surface area contributed by atoms with Crippen molar-refractivity contribution < 1.29 is 0 Å². The van der Waals surface area contributed by atoms with Gasteiger partial charge in [-0.1, -0.05) is 30.7 Å². The SMILES string of the molecule is CCNCc1ccc(-c2cnn(C)c2C)c(Cl)c1. The van der Waals surface area contributed by atoms with Crippen molar-refractivity contribution in [2.75, 3.05) is 6.54 Å². The molecular weight excluding hydrogens is 246 g/mol. The number of benzene rings is 1. The Hall–Kier alpha value is -1.32. The number of rotatable bonds is 4.